The maximum Gasteiger partial charge on any atom is 0.126 e. The molecule has 1 aromatic rings. The molecule has 1 atom stereocenters. The molecule has 2 rings (SSSR count). The summed E-state index contributed by atoms with van der Waals surface area (Å²) < 4.78 is 5.42. The minimum Gasteiger partial charge on any atom is -0.493 e. The van der Waals surface area contributed by atoms with Crippen molar-refractivity contribution in [3.05, 3.63) is 47.7 Å². The van der Waals surface area contributed by atoms with Gasteiger partial charge in [0.25, 0.3) is 0 Å². The van der Waals surface area contributed by atoms with Crippen molar-refractivity contribution in [3.8, 4) is 0 Å². The van der Waals surface area contributed by atoms with Crippen LogP contribution in [0.2, 0.25) is 0 Å². The Morgan fingerprint density at radius 3 is 3.08 bits per heavy atom. The van der Waals surface area contributed by atoms with Gasteiger partial charge in [-0.1, -0.05) is 24.3 Å². The molecule has 1 heterocycles. The minimum atomic E-state index is 0.200. The van der Waals surface area contributed by atoms with E-state index in [2.05, 4.69) is 12.1 Å². The van der Waals surface area contributed by atoms with Crippen LogP contribution < -0.4 is 5.73 Å². The van der Waals surface area contributed by atoms with Crippen molar-refractivity contribution in [3.63, 3.8) is 0 Å². The highest BCUT2D eigenvalue weighted by atomic mass is 16.5. The van der Waals surface area contributed by atoms with Crippen molar-refractivity contribution in [2.75, 3.05) is 0 Å². The first kappa shape index (κ1) is 8.32. The number of nitrogens with two attached hydrogens (primary N) is 1. The molecule has 0 aromatic heterocycles. The number of ether oxygens (including phenoxy) is 1. The van der Waals surface area contributed by atoms with E-state index in [1.54, 1.807) is 6.26 Å². The van der Waals surface area contributed by atoms with Crippen LogP contribution in [0.3, 0.4) is 0 Å². The fraction of sp³-hybridized carbons (Fsp3) is 0.273. The SMILES string of the molecule is NCc1cccc(C2CC=CO2)c1. The van der Waals surface area contributed by atoms with E-state index in [9.17, 15) is 0 Å². The Kier molecular flexibility index (Phi) is 2.32. The van der Waals surface area contributed by atoms with Crippen LogP contribution in [0, 0.1) is 0 Å². The van der Waals surface area contributed by atoms with E-state index in [0.717, 1.165) is 12.0 Å². The minimum absolute atomic E-state index is 0.200. The molecule has 0 bridgehead atoms. The maximum absolute atomic E-state index is 5.56. The first-order valence-electron chi connectivity index (χ1n) is 4.49. The van der Waals surface area contributed by atoms with E-state index in [1.165, 1.54) is 5.56 Å². The van der Waals surface area contributed by atoms with Gasteiger partial charge >= 0.3 is 0 Å². The molecule has 0 saturated carbocycles. The second kappa shape index (κ2) is 3.62. The van der Waals surface area contributed by atoms with Crippen molar-refractivity contribution in [2.45, 2.75) is 19.1 Å². The Morgan fingerprint density at radius 2 is 2.38 bits per heavy atom. The van der Waals surface area contributed by atoms with Crippen LogP contribution in [0.1, 0.15) is 23.7 Å². The van der Waals surface area contributed by atoms with E-state index < -0.39 is 0 Å². The highest BCUT2D eigenvalue weighted by Crippen LogP contribution is 2.26. The highest BCUT2D eigenvalue weighted by molar-refractivity contribution is 5.26. The van der Waals surface area contributed by atoms with E-state index in [1.807, 2.05) is 18.2 Å². The molecule has 2 nitrogen and oxygen atoms in total. The van der Waals surface area contributed by atoms with Gasteiger partial charge in [-0.25, -0.2) is 0 Å². The van der Waals surface area contributed by atoms with E-state index in [0.29, 0.717) is 6.54 Å². The molecule has 0 saturated heterocycles. The molecule has 13 heavy (non-hydrogen) atoms. The normalized spacial score (nSPS) is 20.2. The molecule has 1 aliphatic heterocycles. The lowest BCUT2D eigenvalue weighted by Gasteiger charge is -2.11. The molecular formula is C11H13NO. The second-order valence-electron chi connectivity index (χ2n) is 3.18. The van der Waals surface area contributed by atoms with Gasteiger partial charge in [-0.2, -0.15) is 0 Å². The van der Waals surface area contributed by atoms with Crippen molar-refractivity contribution < 1.29 is 4.74 Å². The molecule has 0 fully saturated rings. The summed E-state index contributed by atoms with van der Waals surface area (Å²) in [4.78, 5) is 0. The van der Waals surface area contributed by atoms with Crippen LogP contribution >= 0.6 is 0 Å². The second-order valence-corrected chi connectivity index (χ2v) is 3.18. The summed E-state index contributed by atoms with van der Waals surface area (Å²) >= 11 is 0. The predicted octanol–water partition coefficient (Wildman–Crippen LogP) is 2.12. The smallest absolute Gasteiger partial charge is 0.126 e. The van der Waals surface area contributed by atoms with Gasteiger partial charge in [0.05, 0.1) is 6.26 Å². The zero-order valence-electron chi connectivity index (χ0n) is 7.44. The van der Waals surface area contributed by atoms with Gasteiger partial charge in [0.2, 0.25) is 0 Å². The molecule has 68 valence electrons. The summed E-state index contributed by atoms with van der Waals surface area (Å²) in [6, 6.07) is 8.25. The number of benzene rings is 1. The molecule has 1 aromatic carbocycles. The van der Waals surface area contributed by atoms with E-state index in [4.69, 9.17) is 10.5 Å². The van der Waals surface area contributed by atoms with E-state index in [-0.39, 0.29) is 6.10 Å². The van der Waals surface area contributed by atoms with Gasteiger partial charge in [-0.05, 0) is 17.2 Å². The molecule has 2 N–H and O–H groups in total. The van der Waals surface area contributed by atoms with Crippen molar-refractivity contribution >= 4 is 0 Å². The number of hydrogen-bond donors (Lipinski definition) is 1. The lowest BCUT2D eigenvalue weighted by molar-refractivity contribution is 0.173. The third-order valence-corrected chi connectivity index (χ3v) is 2.25. The summed E-state index contributed by atoms with van der Waals surface area (Å²) in [7, 11) is 0. The Morgan fingerprint density at radius 1 is 1.46 bits per heavy atom. The Hall–Kier alpha value is -1.28. The molecule has 0 aliphatic carbocycles. The molecule has 1 aliphatic rings. The first-order valence-corrected chi connectivity index (χ1v) is 4.49. The largest absolute Gasteiger partial charge is 0.493 e. The van der Waals surface area contributed by atoms with Crippen LogP contribution in [-0.2, 0) is 11.3 Å². The summed E-state index contributed by atoms with van der Waals surface area (Å²) in [6.45, 7) is 0.591. The maximum atomic E-state index is 5.56. The van der Waals surface area contributed by atoms with Crippen molar-refractivity contribution in [1.82, 2.24) is 0 Å². The summed E-state index contributed by atoms with van der Waals surface area (Å²) in [5.74, 6) is 0. The fourth-order valence-electron chi connectivity index (χ4n) is 1.52. The molecular weight excluding hydrogens is 162 g/mol. The molecule has 0 spiro atoms. The Balaban J connectivity index is 2.19. The van der Waals surface area contributed by atoms with Crippen LogP contribution in [-0.4, -0.2) is 0 Å². The summed E-state index contributed by atoms with van der Waals surface area (Å²) in [6.07, 6.45) is 4.97. The lowest BCUT2D eigenvalue weighted by atomic mass is 10.0. The first-order chi connectivity index (χ1) is 6.40. The average Bonchev–Trinajstić information content (AvgIpc) is 2.71. The van der Waals surface area contributed by atoms with Gasteiger partial charge in [-0.15, -0.1) is 0 Å². The van der Waals surface area contributed by atoms with Crippen molar-refractivity contribution in [1.29, 1.82) is 0 Å². The number of hydrogen-bond acceptors (Lipinski definition) is 2. The van der Waals surface area contributed by atoms with Gasteiger partial charge in [0, 0.05) is 13.0 Å². The standard InChI is InChI=1S/C11H13NO/c12-8-9-3-1-4-10(7-9)11-5-2-6-13-11/h1-4,6-7,11H,5,8,12H2. The van der Waals surface area contributed by atoms with Gasteiger partial charge in [0.1, 0.15) is 6.10 Å². The van der Waals surface area contributed by atoms with Crippen LogP contribution in [0.4, 0.5) is 0 Å². The summed E-state index contributed by atoms with van der Waals surface area (Å²) in [5.41, 5.74) is 7.94. The van der Waals surface area contributed by atoms with Crippen LogP contribution in [0.25, 0.3) is 0 Å². The Bertz CT molecular complexity index is 312. The van der Waals surface area contributed by atoms with E-state index >= 15 is 0 Å². The molecule has 2 heteroatoms. The molecule has 0 radical (unpaired) electrons. The van der Waals surface area contributed by atoms with Gasteiger partial charge in [0.15, 0.2) is 0 Å². The number of rotatable bonds is 2. The monoisotopic (exact) mass is 175 g/mol. The molecule has 1 unspecified atom stereocenters. The fourth-order valence-corrected chi connectivity index (χ4v) is 1.52. The quantitative estimate of drug-likeness (QED) is 0.747. The summed E-state index contributed by atoms with van der Waals surface area (Å²) in [5, 5.41) is 0. The Labute approximate surface area is 78.0 Å². The zero-order valence-corrected chi connectivity index (χ0v) is 7.44. The van der Waals surface area contributed by atoms with Gasteiger partial charge < -0.3 is 10.5 Å². The zero-order chi connectivity index (χ0) is 9.10. The average molecular weight is 175 g/mol. The lowest BCUT2D eigenvalue weighted by Crippen LogP contribution is -2.00. The van der Waals surface area contributed by atoms with Gasteiger partial charge in [-0.3, -0.25) is 0 Å². The molecule has 0 amide bonds. The third-order valence-electron chi connectivity index (χ3n) is 2.25. The predicted molar refractivity (Wildman–Crippen MR) is 51.9 cm³/mol. The topological polar surface area (TPSA) is 35.2 Å². The van der Waals surface area contributed by atoms with Crippen LogP contribution in [0.15, 0.2) is 36.6 Å². The highest BCUT2D eigenvalue weighted by Gasteiger charge is 2.13. The van der Waals surface area contributed by atoms with Crippen molar-refractivity contribution in [2.24, 2.45) is 5.73 Å². The van der Waals surface area contributed by atoms with Crippen LogP contribution in [0.5, 0.6) is 0 Å². The third kappa shape index (κ3) is 1.73.